The number of hydrogen-bond donors (Lipinski definition) is 2. The molecule has 1 saturated carbocycles. The van der Waals surface area contributed by atoms with Crippen LogP contribution in [0.2, 0.25) is 0 Å². The molecule has 0 saturated heterocycles. The van der Waals surface area contributed by atoms with Gasteiger partial charge in [-0.2, -0.15) is 0 Å². The minimum absolute atomic E-state index is 0. The minimum atomic E-state index is 0. The number of nitrogens with one attached hydrogen (secondary N) is 1. The molecule has 1 aromatic rings. The summed E-state index contributed by atoms with van der Waals surface area (Å²) in [6.45, 7) is 2.02. The van der Waals surface area contributed by atoms with Gasteiger partial charge in [0.1, 0.15) is 0 Å². The first-order chi connectivity index (χ1) is 10.5. The number of halogens is 1. The standard InChI is InChI=1S/C17H26N2O3.ClH/c1-11(19-17(20)13-5-6-14(18)10-13)8-12-4-7-15(21-2)16(9-12)22-3;/h4,7,9,11,13-14H,5-6,8,10,18H2,1-3H3,(H,19,20);1H. The molecule has 0 spiro atoms. The third-order valence-corrected chi connectivity index (χ3v) is 4.22. The summed E-state index contributed by atoms with van der Waals surface area (Å²) in [4.78, 5) is 12.2. The zero-order valence-electron chi connectivity index (χ0n) is 14.0. The number of carbonyl (C=O) groups is 1. The van der Waals surface area contributed by atoms with Gasteiger partial charge in [-0.05, 0) is 50.3 Å². The predicted molar refractivity (Wildman–Crippen MR) is 93.4 cm³/mol. The van der Waals surface area contributed by atoms with Crippen molar-refractivity contribution >= 4 is 18.3 Å². The minimum Gasteiger partial charge on any atom is -0.493 e. The largest absolute Gasteiger partial charge is 0.493 e. The summed E-state index contributed by atoms with van der Waals surface area (Å²) in [6.07, 6.45) is 3.40. The zero-order chi connectivity index (χ0) is 16.1. The lowest BCUT2D eigenvalue weighted by atomic mass is 10.0. The van der Waals surface area contributed by atoms with Crippen LogP contribution >= 0.6 is 12.4 Å². The van der Waals surface area contributed by atoms with Gasteiger partial charge in [0.25, 0.3) is 0 Å². The van der Waals surface area contributed by atoms with Crippen molar-refractivity contribution in [3.8, 4) is 11.5 Å². The predicted octanol–water partition coefficient (Wildman–Crippen LogP) is 2.30. The fourth-order valence-corrected chi connectivity index (χ4v) is 3.03. The molecule has 5 nitrogen and oxygen atoms in total. The summed E-state index contributed by atoms with van der Waals surface area (Å²) in [6, 6.07) is 6.08. The zero-order valence-corrected chi connectivity index (χ0v) is 14.8. The monoisotopic (exact) mass is 342 g/mol. The van der Waals surface area contributed by atoms with E-state index in [1.807, 2.05) is 25.1 Å². The molecule has 0 aliphatic heterocycles. The summed E-state index contributed by atoms with van der Waals surface area (Å²) >= 11 is 0. The van der Waals surface area contributed by atoms with Gasteiger partial charge < -0.3 is 20.5 Å². The third-order valence-electron chi connectivity index (χ3n) is 4.22. The van der Waals surface area contributed by atoms with E-state index in [1.165, 1.54) is 0 Å². The highest BCUT2D eigenvalue weighted by Crippen LogP contribution is 2.28. The van der Waals surface area contributed by atoms with E-state index in [9.17, 15) is 4.79 Å². The summed E-state index contributed by atoms with van der Waals surface area (Å²) in [7, 11) is 3.24. The van der Waals surface area contributed by atoms with E-state index in [2.05, 4.69) is 5.32 Å². The lowest BCUT2D eigenvalue weighted by molar-refractivity contribution is -0.125. The Kier molecular flexibility index (Phi) is 7.65. The second-order valence-corrected chi connectivity index (χ2v) is 6.07. The Balaban J connectivity index is 0.00000264. The average Bonchev–Trinajstić information content (AvgIpc) is 2.93. The molecular formula is C17H27ClN2O3. The van der Waals surface area contributed by atoms with E-state index in [4.69, 9.17) is 15.2 Å². The van der Waals surface area contributed by atoms with Crippen molar-refractivity contribution in [1.82, 2.24) is 5.32 Å². The van der Waals surface area contributed by atoms with Gasteiger partial charge in [-0.15, -0.1) is 12.4 Å². The maximum atomic E-state index is 12.2. The van der Waals surface area contributed by atoms with Crippen molar-refractivity contribution in [3.05, 3.63) is 23.8 Å². The molecule has 1 fully saturated rings. The van der Waals surface area contributed by atoms with Crippen LogP contribution in [0.1, 0.15) is 31.7 Å². The van der Waals surface area contributed by atoms with Gasteiger partial charge in [0, 0.05) is 18.0 Å². The molecule has 130 valence electrons. The molecule has 1 amide bonds. The highest BCUT2D eigenvalue weighted by molar-refractivity contribution is 5.85. The van der Waals surface area contributed by atoms with E-state index in [0.29, 0.717) is 11.5 Å². The van der Waals surface area contributed by atoms with Crippen LogP contribution in [0.25, 0.3) is 0 Å². The lowest BCUT2D eigenvalue weighted by Crippen LogP contribution is -2.38. The molecule has 0 heterocycles. The maximum Gasteiger partial charge on any atom is 0.223 e. The van der Waals surface area contributed by atoms with Crippen LogP contribution in [0.4, 0.5) is 0 Å². The van der Waals surface area contributed by atoms with Gasteiger partial charge in [-0.3, -0.25) is 4.79 Å². The Morgan fingerprint density at radius 3 is 2.57 bits per heavy atom. The van der Waals surface area contributed by atoms with Crippen molar-refractivity contribution in [2.24, 2.45) is 11.7 Å². The molecule has 1 aromatic carbocycles. The van der Waals surface area contributed by atoms with Gasteiger partial charge in [-0.25, -0.2) is 0 Å². The van der Waals surface area contributed by atoms with Gasteiger partial charge in [-0.1, -0.05) is 6.07 Å². The summed E-state index contributed by atoms with van der Waals surface area (Å²) in [5.41, 5.74) is 6.98. The summed E-state index contributed by atoms with van der Waals surface area (Å²) in [5, 5.41) is 3.09. The fourth-order valence-electron chi connectivity index (χ4n) is 3.03. The Labute approximate surface area is 144 Å². The van der Waals surface area contributed by atoms with Crippen molar-refractivity contribution in [2.75, 3.05) is 14.2 Å². The van der Waals surface area contributed by atoms with E-state index in [-0.39, 0.29) is 36.3 Å². The van der Waals surface area contributed by atoms with E-state index in [1.54, 1.807) is 14.2 Å². The van der Waals surface area contributed by atoms with Gasteiger partial charge in [0.2, 0.25) is 5.91 Å². The number of amides is 1. The fraction of sp³-hybridized carbons (Fsp3) is 0.588. The van der Waals surface area contributed by atoms with Crippen molar-refractivity contribution < 1.29 is 14.3 Å². The van der Waals surface area contributed by atoms with E-state index < -0.39 is 0 Å². The van der Waals surface area contributed by atoms with Crippen LogP contribution in [0.15, 0.2) is 18.2 Å². The Morgan fingerprint density at radius 1 is 1.30 bits per heavy atom. The van der Waals surface area contributed by atoms with Crippen LogP contribution in [-0.2, 0) is 11.2 Å². The van der Waals surface area contributed by atoms with Crippen molar-refractivity contribution in [2.45, 2.75) is 44.7 Å². The van der Waals surface area contributed by atoms with Gasteiger partial charge >= 0.3 is 0 Å². The molecule has 1 aliphatic rings. The van der Waals surface area contributed by atoms with Crippen LogP contribution in [-0.4, -0.2) is 32.2 Å². The molecule has 3 N–H and O–H groups in total. The van der Waals surface area contributed by atoms with E-state index in [0.717, 1.165) is 31.2 Å². The highest BCUT2D eigenvalue weighted by atomic mass is 35.5. The number of ether oxygens (including phenoxy) is 2. The summed E-state index contributed by atoms with van der Waals surface area (Å²) in [5.74, 6) is 1.62. The van der Waals surface area contributed by atoms with Gasteiger partial charge in [0.05, 0.1) is 14.2 Å². The lowest BCUT2D eigenvalue weighted by Gasteiger charge is -2.18. The molecule has 3 unspecified atom stereocenters. The molecule has 3 atom stereocenters. The number of nitrogens with two attached hydrogens (primary N) is 1. The van der Waals surface area contributed by atoms with Crippen molar-refractivity contribution in [1.29, 1.82) is 0 Å². The molecule has 1 aliphatic carbocycles. The second-order valence-electron chi connectivity index (χ2n) is 6.07. The summed E-state index contributed by atoms with van der Waals surface area (Å²) < 4.78 is 10.5. The smallest absolute Gasteiger partial charge is 0.223 e. The SMILES string of the molecule is COc1ccc(CC(C)NC(=O)C2CCC(N)C2)cc1OC.Cl. The van der Waals surface area contributed by atoms with E-state index >= 15 is 0 Å². The molecule has 0 radical (unpaired) electrons. The first-order valence-electron chi connectivity index (χ1n) is 7.80. The van der Waals surface area contributed by atoms with Crippen molar-refractivity contribution in [3.63, 3.8) is 0 Å². The Hall–Kier alpha value is -1.46. The normalized spacial score (nSPS) is 21.2. The molecular weight excluding hydrogens is 316 g/mol. The average molecular weight is 343 g/mol. The number of hydrogen-bond acceptors (Lipinski definition) is 4. The Morgan fingerprint density at radius 2 is 2.00 bits per heavy atom. The second kappa shape index (κ2) is 8.99. The molecule has 23 heavy (non-hydrogen) atoms. The topological polar surface area (TPSA) is 73.6 Å². The van der Waals surface area contributed by atoms with Crippen LogP contribution < -0.4 is 20.5 Å². The number of rotatable bonds is 6. The highest BCUT2D eigenvalue weighted by Gasteiger charge is 2.28. The Bertz CT molecular complexity index is 525. The van der Waals surface area contributed by atoms with Gasteiger partial charge in [0.15, 0.2) is 11.5 Å². The maximum absolute atomic E-state index is 12.2. The molecule has 6 heteroatoms. The number of benzene rings is 1. The molecule has 2 rings (SSSR count). The van der Waals surface area contributed by atoms with Crippen LogP contribution in [0, 0.1) is 5.92 Å². The molecule has 0 bridgehead atoms. The molecule has 0 aromatic heterocycles. The quantitative estimate of drug-likeness (QED) is 0.832. The van der Waals surface area contributed by atoms with Crippen LogP contribution in [0.3, 0.4) is 0 Å². The van der Waals surface area contributed by atoms with Crippen LogP contribution in [0.5, 0.6) is 11.5 Å². The number of carbonyl (C=O) groups excluding carboxylic acids is 1. The first-order valence-corrected chi connectivity index (χ1v) is 7.80. The first kappa shape index (κ1) is 19.6. The number of methoxy groups -OCH3 is 2. The third kappa shape index (κ3) is 5.29.